The average molecular weight is 525 g/mol. The number of hydrogen-bond acceptors (Lipinski definition) is 4. The van der Waals surface area contributed by atoms with E-state index in [1.807, 2.05) is 17.0 Å². The number of fused-ring (bicyclic) bond motifs is 1. The van der Waals surface area contributed by atoms with Crippen molar-refractivity contribution in [3.05, 3.63) is 63.1 Å². The number of phenols is 1. The van der Waals surface area contributed by atoms with E-state index in [1.54, 1.807) is 18.2 Å². The first-order chi connectivity index (χ1) is 17.4. The van der Waals surface area contributed by atoms with Crippen LogP contribution in [0.2, 0.25) is 10.0 Å². The molecule has 3 saturated heterocycles. The lowest BCUT2D eigenvalue weighted by Gasteiger charge is -2.64. The summed E-state index contributed by atoms with van der Waals surface area (Å²) < 4.78 is 7.25. The molecule has 2 aromatic rings. The van der Waals surface area contributed by atoms with Crippen molar-refractivity contribution in [3.8, 4) is 5.75 Å². The van der Waals surface area contributed by atoms with Gasteiger partial charge in [-0.25, -0.2) is 0 Å². The smallest absolute Gasteiger partial charge is 0.254 e. The third-order valence-electron chi connectivity index (χ3n) is 10.4. The van der Waals surface area contributed by atoms with E-state index in [2.05, 4.69) is 11.0 Å². The van der Waals surface area contributed by atoms with Crippen LogP contribution >= 0.6 is 23.2 Å². The minimum absolute atomic E-state index is 0.00720. The molecule has 0 aromatic heterocycles. The highest BCUT2D eigenvalue weighted by Gasteiger charge is 2.78. The molecule has 0 spiro atoms. The molecule has 6 aliphatic rings. The Balaban J connectivity index is 1.23. The molecular formula is C29H30Cl2N2O3. The average Bonchev–Trinajstić information content (AvgIpc) is 3.53. The molecule has 36 heavy (non-hydrogen) atoms. The van der Waals surface area contributed by atoms with Crippen molar-refractivity contribution < 1.29 is 14.6 Å². The number of benzene rings is 2. The van der Waals surface area contributed by atoms with E-state index in [4.69, 9.17) is 27.9 Å². The quantitative estimate of drug-likeness (QED) is 0.610. The van der Waals surface area contributed by atoms with Gasteiger partial charge in [-0.05, 0) is 92.4 Å². The van der Waals surface area contributed by atoms with E-state index in [0.717, 1.165) is 38.1 Å². The van der Waals surface area contributed by atoms with Gasteiger partial charge in [0, 0.05) is 52.1 Å². The van der Waals surface area contributed by atoms with E-state index < -0.39 is 0 Å². The van der Waals surface area contributed by atoms with Gasteiger partial charge in [-0.15, -0.1) is 0 Å². The molecule has 3 aliphatic heterocycles. The predicted molar refractivity (Wildman–Crippen MR) is 138 cm³/mol. The molecule has 5 fully saturated rings. The molecule has 3 aliphatic carbocycles. The molecule has 0 unspecified atom stereocenters. The Hall–Kier alpha value is -1.79. The zero-order valence-corrected chi connectivity index (χ0v) is 21.6. The van der Waals surface area contributed by atoms with Crippen molar-refractivity contribution >= 4 is 29.1 Å². The lowest BCUT2D eigenvalue weighted by Crippen LogP contribution is -2.74. The second-order valence-corrected chi connectivity index (χ2v) is 12.9. The van der Waals surface area contributed by atoms with Gasteiger partial charge in [-0.3, -0.25) is 9.69 Å². The Kier molecular flexibility index (Phi) is 4.57. The molecule has 0 radical (unpaired) electrons. The second-order valence-electron chi connectivity index (χ2n) is 12.0. The van der Waals surface area contributed by atoms with Gasteiger partial charge in [0.2, 0.25) is 0 Å². The Morgan fingerprint density at radius 3 is 2.67 bits per heavy atom. The highest BCUT2D eigenvalue weighted by Crippen LogP contribution is 2.69. The maximum absolute atomic E-state index is 13.8. The van der Waals surface area contributed by atoms with Crippen LogP contribution in [0.3, 0.4) is 0 Å². The van der Waals surface area contributed by atoms with Gasteiger partial charge in [0.25, 0.3) is 5.91 Å². The number of piperidine rings is 1. The van der Waals surface area contributed by atoms with Crippen molar-refractivity contribution in [3.63, 3.8) is 0 Å². The van der Waals surface area contributed by atoms with Gasteiger partial charge >= 0.3 is 0 Å². The zero-order valence-electron chi connectivity index (χ0n) is 20.1. The summed E-state index contributed by atoms with van der Waals surface area (Å²) in [5.41, 5.74) is 2.77. The second kappa shape index (κ2) is 7.41. The molecular weight excluding hydrogens is 495 g/mol. The maximum Gasteiger partial charge on any atom is 0.254 e. The fourth-order valence-electron chi connectivity index (χ4n) is 9.10. The van der Waals surface area contributed by atoms with Crippen molar-refractivity contribution in [1.29, 1.82) is 0 Å². The molecule has 2 aromatic carbocycles. The standard InChI is InChI=1S/C29H30Cl2N2O3/c30-19-9-18(10-20(31)12-19)27(35)33-15-24-26-23(33)5-6-29(36-24)25-11-17-3-4-21(34)13-22(17)28(26,29)7-8-32(25)14-16-1-2-16/h3-4,9-10,12-13,16,23-26,34H,1-2,5-8,11,14-15H2/t23-,24-,25-,26+,28+,29-/m1/s1. The van der Waals surface area contributed by atoms with Crippen LogP contribution in [0.5, 0.6) is 5.75 Å². The van der Waals surface area contributed by atoms with Gasteiger partial charge in [-0.1, -0.05) is 29.3 Å². The first kappa shape index (κ1) is 22.2. The molecule has 6 atom stereocenters. The van der Waals surface area contributed by atoms with Gasteiger partial charge in [0.05, 0.1) is 11.7 Å². The van der Waals surface area contributed by atoms with Crippen molar-refractivity contribution in [1.82, 2.24) is 9.80 Å². The zero-order chi connectivity index (χ0) is 24.4. The number of aromatic hydroxyl groups is 1. The van der Waals surface area contributed by atoms with E-state index >= 15 is 0 Å². The van der Waals surface area contributed by atoms with Crippen LogP contribution in [0.1, 0.15) is 53.6 Å². The normalized spacial score (nSPS) is 38.1. The topological polar surface area (TPSA) is 53.0 Å². The summed E-state index contributed by atoms with van der Waals surface area (Å²) in [5, 5.41) is 11.5. The molecule has 4 bridgehead atoms. The number of amides is 1. The summed E-state index contributed by atoms with van der Waals surface area (Å²) in [6.07, 6.45) is 6.62. The maximum atomic E-state index is 13.8. The first-order valence-electron chi connectivity index (χ1n) is 13.4. The molecule has 1 N–H and O–H groups in total. The summed E-state index contributed by atoms with van der Waals surface area (Å²) in [6.45, 7) is 2.85. The predicted octanol–water partition coefficient (Wildman–Crippen LogP) is 5.05. The number of hydrogen-bond donors (Lipinski definition) is 1. The van der Waals surface area contributed by atoms with Gasteiger partial charge < -0.3 is 14.7 Å². The molecule has 8 rings (SSSR count). The van der Waals surface area contributed by atoms with E-state index in [0.29, 0.717) is 33.9 Å². The van der Waals surface area contributed by atoms with Crippen LogP contribution in [0.15, 0.2) is 36.4 Å². The van der Waals surface area contributed by atoms with E-state index in [9.17, 15) is 9.90 Å². The number of halogens is 2. The van der Waals surface area contributed by atoms with Gasteiger partial charge in [0.15, 0.2) is 0 Å². The molecule has 3 heterocycles. The fourth-order valence-corrected chi connectivity index (χ4v) is 9.62. The first-order valence-corrected chi connectivity index (χ1v) is 14.2. The SMILES string of the molecule is O=C(c1cc(Cl)cc(Cl)c1)N1C[C@H]2O[C@@]34CC[C@@H]1[C@@H]2[C@@]31CCN(CC2CC2)[C@@H]4Cc2ccc(O)cc21. The Bertz CT molecular complexity index is 1280. The highest BCUT2D eigenvalue weighted by molar-refractivity contribution is 6.35. The minimum Gasteiger partial charge on any atom is -0.508 e. The minimum atomic E-state index is -0.235. The summed E-state index contributed by atoms with van der Waals surface area (Å²) in [4.78, 5) is 18.6. The number of ether oxygens (including phenoxy) is 1. The number of nitrogens with zero attached hydrogens (tertiary/aromatic N) is 2. The fraction of sp³-hybridized carbons (Fsp3) is 0.552. The highest BCUT2D eigenvalue weighted by atomic mass is 35.5. The Morgan fingerprint density at radius 1 is 1.08 bits per heavy atom. The molecule has 188 valence electrons. The van der Waals surface area contributed by atoms with Crippen LogP contribution in [0.4, 0.5) is 0 Å². The van der Waals surface area contributed by atoms with Crippen LogP contribution in [-0.2, 0) is 16.6 Å². The van der Waals surface area contributed by atoms with Crippen LogP contribution in [0, 0.1) is 11.8 Å². The van der Waals surface area contributed by atoms with Crippen molar-refractivity contribution in [2.45, 2.75) is 67.7 Å². The van der Waals surface area contributed by atoms with Gasteiger partial charge in [-0.2, -0.15) is 0 Å². The summed E-state index contributed by atoms with van der Waals surface area (Å²) >= 11 is 12.5. The summed E-state index contributed by atoms with van der Waals surface area (Å²) in [6, 6.07) is 11.6. The Morgan fingerprint density at radius 2 is 1.89 bits per heavy atom. The summed E-state index contributed by atoms with van der Waals surface area (Å²) in [7, 11) is 0. The van der Waals surface area contributed by atoms with Gasteiger partial charge in [0.1, 0.15) is 5.75 Å². The lowest BCUT2D eigenvalue weighted by atomic mass is 9.46. The third-order valence-corrected chi connectivity index (χ3v) is 10.8. The lowest BCUT2D eigenvalue weighted by molar-refractivity contribution is -0.171. The number of likely N-dealkylation sites (tertiary alicyclic amines) is 2. The number of phenolic OH excluding ortho intramolecular Hbond substituents is 1. The van der Waals surface area contributed by atoms with Crippen LogP contribution < -0.4 is 0 Å². The molecule has 1 amide bonds. The number of rotatable bonds is 3. The molecule has 2 saturated carbocycles. The van der Waals surface area contributed by atoms with Crippen LogP contribution in [0.25, 0.3) is 0 Å². The molecule has 7 heteroatoms. The van der Waals surface area contributed by atoms with Crippen molar-refractivity contribution in [2.24, 2.45) is 11.8 Å². The summed E-state index contributed by atoms with van der Waals surface area (Å²) in [5.74, 6) is 1.39. The third kappa shape index (κ3) is 2.78. The van der Waals surface area contributed by atoms with E-state index in [1.165, 1.54) is 30.5 Å². The monoisotopic (exact) mass is 524 g/mol. The Labute approximate surface area is 221 Å². The largest absolute Gasteiger partial charge is 0.508 e. The number of carbonyl (C=O) groups is 1. The van der Waals surface area contributed by atoms with E-state index in [-0.39, 0.29) is 35.0 Å². The van der Waals surface area contributed by atoms with Crippen molar-refractivity contribution in [2.75, 3.05) is 19.6 Å². The number of carbonyl (C=O) groups excluding carboxylic acids is 1. The van der Waals surface area contributed by atoms with Crippen LogP contribution in [-0.4, -0.2) is 64.2 Å². The molecule has 5 nitrogen and oxygen atoms in total.